The Morgan fingerprint density at radius 1 is 1.22 bits per heavy atom. The van der Waals surface area contributed by atoms with Crippen molar-refractivity contribution in [2.45, 2.75) is 62.5 Å². The van der Waals surface area contributed by atoms with Gasteiger partial charge in [-0.25, -0.2) is 0 Å². The Balaban J connectivity index is 1.87. The van der Waals surface area contributed by atoms with Gasteiger partial charge in [0.25, 0.3) is 0 Å². The summed E-state index contributed by atoms with van der Waals surface area (Å²) in [6.07, 6.45) is 5.48. The third kappa shape index (κ3) is 3.34. The van der Waals surface area contributed by atoms with Gasteiger partial charge in [-0.15, -0.1) is 0 Å². The first-order valence-corrected chi connectivity index (χ1v) is 8.72. The molecule has 0 radical (unpaired) electrons. The average molecular weight is 273 g/mol. The fourth-order valence-electron chi connectivity index (χ4n) is 3.23. The van der Waals surface area contributed by atoms with Gasteiger partial charge in [-0.1, -0.05) is 13.8 Å². The molecular formula is C14H27NO2S. The summed E-state index contributed by atoms with van der Waals surface area (Å²) in [6, 6.07) is 0.582. The van der Waals surface area contributed by atoms with Gasteiger partial charge in [-0.05, 0) is 44.6 Å². The number of hydrogen-bond acceptors (Lipinski definition) is 3. The van der Waals surface area contributed by atoms with E-state index < -0.39 is 10.8 Å². The summed E-state index contributed by atoms with van der Waals surface area (Å²) in [5.74, 6) is 0.556. The first-order valence-electron chi connectivity index (χ1n) is 7.44. The molecule has 0 amide bonds. The molecule has 1 heterocycles. The van der Waals surface area contributed by atoms with E-state index >= 15 is 0 Å². The highest BCUT2D eigenvalue weighted by molar-refractivity contribution is 7.86. The van der Waals surface area contributed by atoms with Crippen LogP contribution in [-0.4, -0.2) is 40.5 Å². The number of hydrogen-bond donors (Lipinski definition) is 1. The number of nitrogens with one attached hydrogen (secondary N) is 1. The standard InChI is InChI=1S/C14H27NO2S/c1-3-8-15-13-4-5-14(11(13)2)18(16)12-6-9-17-10-7-12/h11-15H,3-10H2,1-2H3. The van der Waals surface area contributed by atoms with Crippen LogP contribution in [0.25, 0.3) is 0 Å². The maximum atomic E-state index is 12.7. The Hall–Kier alpha value is 0.0700. The van der Waals surface area contributed by atoms with Gasteiger partial charge in [0.15, 0.2) is 0 Å². The van der Waals surface area contributed by atoms with E-state index in [-0.39, 0.29) is 0 Å². The van der Waals surface area contributed by atoms with Crippen molar-refractivity contribution in [3.63, 3.8) is 0 Å². The zero-order chi connectivity index (χ0) is 13.0. The van der Waals surface area contributed by atoms with Crippen LogP contribution in [0.15, 0.2) is 0 Å². The molecule has 2 rings (SSSR count). The van der Waals surface area contributed by atoms with Crippen molar-refractivity contribution in [3.8, 4) is 0 Å². The van der Waals surface area contributed by atoms with Crippen LogP contribution in [0.3, 0.4) is 0 Å². The predicted octanol–water partition coefficient (Wildman–Crippen LogP) is 2.08. The SMILES string of the molecule is CCCNC1CCC(S(=O)C2CCOCC2)C1C. The van der Waals surface area contributed by atoms with Crippen molar-refractivity contribution < 1.29 is 8.95 Å². The van der Waals surface area contributed by atoms with E-state index in [1.807, 2.05) is 0 Å². The molecule has 1 aliphatic heterocycles. The molecule has 106 valence electrons. The van der Waals surface area contributed by atoms with Crippen molar-refractivity contribution in [2.24, 2.45) is 5.92 Å². The summed E-state index contributed by atoms with van der Waals surface area (Å²) in [4.78, 5) is 0. The van der Waals surface area contributed by atoms with Gasteiger partial charge < -0.3 is 10.1 Å². The highest BCUT2D eigenvalue weighted by Crippen LogP contribution is 2.33. The molecule has 0 bridgehead atoms. The van der Waals surface area contributed by atoms with E-state index in [1.165, 1.54) is 12.8 Å². The van der Waals surface area contributed by atoms with Gasteiger partial charge in [0.1, 0.15) is 0 Å². The molecule has 4 atom stereocenters. The number of ether oxygens (including phenoxy) is 1. The minimum Gasteiger partial charge on any atom is -0.381 e. The maximum absolute atomic E-state index is 12.7. The summed E-state index contributed by atoms with van der Waals surface area (Å²) >= 11 is 0. The van der Waals surface area contributed by atoms with Gasteiger partial charge in [0.2, 0.25) is 0 Å². The fourth-order valence-corrected chi connectivity index (χ4v) is 5.36. The highest BCUT2D eigenvalue weighted by Gasteiger charge is 2.38. The lowest BCUT2D eigenvalue weighted by atomic mass is 10.1. The van der Waals surface area contributed by atoms with E-state index in [9.17, 15) is 4.21 Å². The van der Waals surface area contributed by atoms with Crippen LogP contribution in [0.4, 0.5) is 0 Å². The second-order valence-electron chi connectivity index (χ2n) is 5.68. The van der Waals surface area contributed by atoms with Crippen molar-refractivity contribution >= 4 is 10.8 Å². The van der Waals surface area contributed by atoms with E-state index in [1.54, 1.807) is 0 Å². The van der Waals surface area contributed by atoms with Crippen LogP contribution < -0.4 is 5.32 Å². The van der Waals surface area contributed by atoms with E-state index in [2.05, 4.69) is 19.2 Å². The second kappa shape index (κ2) is 7.01. The lowest BCUT2D eigenvalue weighted by Gasteiger charge is -2.27. The predicted molar refractivity (Wildman–Crippen MR) is 76.3 cm³/mol. The second-order valence-corrected chi connectivity index (χ2v) is 7.61. The minimum absolute atomic E-state index is 0.385. The maximum Gasteiger partial charge on any atom is 0.0477 e. The van der Waals surface area contributed by atoms with Gasteiger partial charge in [0, 0.05) is 40.6 Å². The highest BCUT2D eigenvalue weighted by atomic mass is 32.2. The summed E-state index contributed by atoms with van der Waals surface area (Å²) in [6.45, 7) is 7.17. The van der Waals surface area contributed by atoms with Crippen LogP contribution in [0, 0.1) is 5.92 Å². The first-order chi connectivity index (χ1) is 8.74. The van der Waals surface area contributed by atoms with Crippen LogP contribution in [0.2, 0.25) is 0 Å². The molecule has 1 N–H and O–H groups in total. The largest absolute Gasteiger partial charge is 0.381 e. The van der Waals surface area contributed by atoms with E-state index in [0.29, 0.717) is 22.5 Å². The van der Waals surface area contributed by atoms with Crippen LogP contribution >= 0.6 is 0 Å². The fraction of sp³-hybridized carbons (Fsp3) is 1.00. The molecule has 18 heavy (non-hydrogen) atoms. The van der Waals surface area contributed by atoms with Gasteiger partial charge in [0.05, 0.1) is 0 Å². The van der Waals surface area contributed by atoms with Crippen LogP contribution in [0.5, 0.6) is 0 Å². The average Bonchev–Trinajstić information content (AvgIpc) is 2.78. The number of rotatable bonds is 5. The molecule has 1 saturated carbocycles. The zero-order valence-corrected chi connectivity index (χ0v) is 12.5. The topological polar surface area (TPSA) is 38.3 Å². The van der Waals surface area contributed by atoms with Gasteiger partial charge in [-0.2, -0.15) is 0 Å². The molecule has 0 aromatic carbocycles. The van der Waals surface area contributed by atoms with Crippen molar-refractivity contribution in [1.29, 1.82) is 0 Å². The summed E-state index contributed by atoms with van der Waals surface area (Å²) in [5, 5.41) is 4.40. The Morgan fingerprint density at radius 3 is 2.61 bits per heavy atom. The Labute approximate surface area is 114 Å². The molecule has 0 aromatic heterocycles. The first kappa shape index (κ1) is 14.5. The van der Waals surface area contributed by atoms with Crippen molar-refractivity contribution in [2.75, 3.05) is 19.8 Å². The minimum atomic E-state index is -0.658. The Kier molecular flexibility index (Phi) is 5.64. The monoisotopic (exact) mass is 273 g/mol. The third-order valence-corrected chi connectivity index (χ3v) is 6.83. The summed E-state index contributed by atoms with van der Waals surface area (Å²) < 4.78 is 18.0. The molecule has 3 nitrogen and oxygen atoms in total. The Bertz CT molecular complexity index is 279. The summed E-state index contributed by atoms with van der Waals surface area (Å²) in [5.41, 5.74) is 0. The molecular weight excluding hydrogens is 246 g/mol. The van der Waals surface area contributed by atoms with Crippen LogP contribution in [-0.2, 0) is 15.5 Å². The van der Waals surface area contributed by atoms with Crippen molar-refractivity contribution in [3.05, 3.63) is 0 Å². The zero-order valence-electron chi connectivity index (χ0n) is 11.7. The quantitative estimate of drug-likeness (QED) is 0.833. The smallest absolute Gasteiger partial charge is 0.0477 e. The molecule has 2 aliphatic rings. The van der Waals surface area contributed by atoms with E-state index in [4.69, 9.17) is 4.74 Å². The van der Waals surface area contributed by atoms with E-state index in [0.717, 1.165) is 39.0 Å². The molecule has 1 saturated heterocycles. The van der Waals surface area contributed by atoms with Gasteiger partial charge in [-0.3, -0.25) is 4.21 Å². The lowest BCUT2D eigenvalue weighted by Crippen LogP contribution is -2.38. The van der Waals surface area contributed by atoms with Crippen LogP contribution in [0.1, 0.15) is 46.0 Å². The Morgan fingerprint density at radius 2 is 1.94 bits per heavy atom. The molecule has 0 spiro atoms. The molecule has 1 aliphatic carbocycles. The van der Waals surface area contributed by atoms with Crippen molar-refractivity contribution in [1.82, 2.24) is 5.32 Å². The molecule has 2 fully saturated rings. The molecule has 4 heteroatoms. The van der Waals surface area contributed by atoms with Gasteiger partial charge >= 0.3 is 0 Å². The lowest BCUT2D eigenvalue weighted by molar-refractivity contribution is 0.0990. The third-order valence-electron chi connectivity index (χ3n) is 4.44. The normalized spacial score (nSPS) is 35.8. The summed E-state index contributed by atoms with van der Waals surface area (Å²) in [7, 11) is -0.658. The molecule has 0 aromatic rings. The molecule has 4 unspecified atom stereocenters.